The van der Waals surface area contributed by atoms with Crippen molar-refractivity contribution in [1.82, 2.24) is 25.0 Å². The van der Waals surface area contributed by atoms with E-state index in [-0.39, 0.29) is 6.04 Å². The Morgan fingerprint density at radius 1 is 1.32 bits per heavy atom. The Labute approximate surface area is 181 Å². The average molecular weight is 421 g/mol. The van der Waals surface area contributed by atoms with Gasteiger partial charge >= 0.3 is 0 Å². The maximum absolute atomic E-state index is 11.3. The van der Waals surface area contributed by atoms with Crippen molar-refractivity contribution in [1.29, 1.82) is 0 Å². The van der Waals surface area contributed by atoms with Gasteiger partial charge in [-0.3, -0.25) is 9.48 Å². The van der Waals surface area contributed by atoms with Gasteiger partial charge in [0.05, 0.1) is 23.3 Å². The van der Waals surface area contributed by atoms with Gasteiger partial charge in [0, 0.05) is 46.0 Å². The quantitative estimate of drug-likeness (QED) is 0.636. The molecule has 8 nitrogen and oxygen atoms in total. The molecule has 4 heterocycles. The largest absolute Gasteiger partial charge is 0.491 e. The van der Waals surface area contributed by atoms with Crippen LogP contribution in [0, 0.1) is 0 Å². The molecule has 0 unspecified atom stereocenters. The smallest absolute Gasteiger partial charge is 0.210 e. The zero-order chi connectivity index (χ0) is 21.4. The van der Waals surface area contributed by atoms with Crippen LogP contribution in [0.3, 0.4) is 0 Å². The topological polar surface area (TPSA) is 75.5 Å². The van der Waals surface area contributed by atoms with Crippen molar-refractivity contribution in [2.45, 2.75) is 25.4 Å². The number of piperazine rings is 1. The first-order chi connectivity index (χ1) is 15.1. The number of aromatic nitrogens is 3. The summed E-state index contributed by atoms with van der Waals surface area (Å²) in [4.78, 5) is 20.0. The molecule has 3 aromatic rings. The summed E-state index contributed by atoms with van der Waals surface area (Å²) in [5.41, 5.74) is 4.73. The van der Waals surface area contributed by atoms with Crippen molar-refractivity contribution in [3.63, 3.8) is 0 Å². The number of hydrogen-bond donors (Lipinski definition) is 1. The molecule has 31 heavy (non-hydrogen) atoms. The van der Waals surface area contributed by atoms with E-state index in [1.165, 1.54) is 16.8 Å². The van der Waals surface area contributed by atoms with E-state index in [1.54, 1.807) is 0 Å². The fraction of sp³-hybridized carbons (Fsp3) is 0.435. The van der Waals surface area contributed by atoms with Crippen LogP contribution in [0.2, 0.25) is 0 Å². The molecule has 1 amide bonds. The van der Waals surface area contributed by atoms with Gasteiger partial charge in [-0.2, -0.15) is 5.10 Å². The van der Waals surface area contributed by atoms with Crippen LogP contribution in [0.1, 0.15) is 24.0 Å². The Morgan fingerprint density at radius 3 is 3.10 bits per heavy atom. The molecule has 0 radical (unpaired) electrons. The van der Waals surface area contributed by atoms with E-state index in [1.807, 2.05) is 35.1 Å². The normalized spacial score (nSPS) is 21.2. The second-order valence-corrected chi connectivity index (χ2v) is 8.49. The highest BCUT2D eigenvalue weighted by molar-refractivity contribution is 5.89. The highest BCUT2D eigenvalue weighted by Crippen LogP contribution is 2.35. The first-order valence-electron chi connectivity index (χ1n) is 10.8. The molecule has 1 aromatic carbocycles. The van der Waals surface area contributed by atoms with Crippen molar-refractivity contribution >= 4 is 23.1 Å². The molecule has 2 atom stereocenters. The molecule has 162 valence electrons. The molecule has 1 N–H and O–H groups in total. The molecule has 1 fully saturated rings. The summed E-state index contributed by atoms with van der Waals surface area (Å²) in [6, 6.07) is 8.54. The summed E-state index contributed by atoms with van der Waals surface area (Å²) < 4.78 is 7.91. The zero-order valence-corrected chi connectivity index (χ0v) is 18.0. The zero-order valence-electron chi connectivity index (χ0n) is 18.0. The van der Waals surface area contributed by atoms with Gasteiger partial charge in [-0.05, 0) is 35.2 Å². The number of fused-ring (bicyclic) bond motifs is 2. The third-order valence-corrected chi connectivity index (χ3v) is 6.43. The summed E-state index contributed by atoms with van der Waals surface area (Å²) in [6.45, 7) is 6.87. The van der Waals surface area contributed by atoms with Crippen LogP contribution in [-0.2, 0) is 18.4 Å². The van der Waals surface area contributed by atoms with E-state index in [9.17, 15) is 4.79 Å². The van der Waals surface area contributed by atoms with Crippen LogP contribution in [0.4, 0.5) is 5.69 Å². The lowest BCUT2D eigenvalue weighted by atomic mass is 9.90. The van der Waals surface area contributed by atoms with Gasteiger partial charge in [-0.15, -0.1) is 0 Å². The minimum Gasteiger partial charge on any atom is -0.491 e. The van der Waals surface area contributed by atoms with Crippen molar-refractivity contribution in [3.8, 4) is 5.75 Å². The SMILES string of the molecule is C[C@H]1CN(c2ccnc3c2cnn3C)Cc2ccc(OC[C@@H]3CNCCN3C=O)cc21. The molecule has 2 aromatic heterocycles. The third kappa shape index (κ3) is 3.72. The molecule has 0 saturated carbocycles. The van der Waals surface area contributed by atoms with Crippen molar-refractivity contribution in [2.75, 3.05) is 37.7 Å². The molecular formula is C23H28N6O2. The number of hydrogen-bond acceptors (Lipinski definition) is 6. The first kappa shape index (κ1) is 19.8. The number of carbonyl (C=O) groups is 1. The average Bonchev–Trinajstić information content (AvgIpc) is 3.19. The van der Waals surface area contributed by atoms with Gasteiger partial charge in [-0.25, -0.2) is 4.98 Å². The third-order valence-electron chi connectivity index (χ3n) is 6.43. The van der Waals surface area contributed by atoms with Crippen LogP contribution in [0.5, 0.6) is 5.75 Å². The van der Waals surface area contributed by atoms with E-state index in [4.69, 9.17) is 4.74 Å². The van der Waals surface area contributed by atoms with E-state index in [2.05, 4.69) is 45.4 Å². The fourth-order valence-electron chi connectivity index (χ4n) is 4.72. The second-order valence-electron chi connectivity index (χ2n) is 8.49. The first-order valence-corrected chi connectivity index (χ1v) is 10.8. The molecule has 0 bridgehead atoms. The van der Waals surface area contributed by atoms with E-state index in [0.29, 0.717) is 12.5 Å². The minimum absolute atomic E-state index is 0.0729. The molecule has 2 aliphatic rings. The number of aryl methyl sites for hydroxylation is 1. The van der Waals surface area contributed by atoms with Crippen molar-refractivity contribution in [3.05, 3.63) is 47.8 Å². The minimum atomic E-state index is 0.0729. The highest BCUT2D eigenvalue weighted by atomic mass is 16.5. The summed E-state index contributed by atoms with van der Waals surface area (Å²) in [7, 11) is 1.92. The van der Waals surface area contributed by atoms with Crippen molar-refractivity contribution in [2.24, 2.45) is 7.05 Å². The lowest BCUT2D eigenvalue weighted by Gasteiger charge is -2.35. The number of amides is 1. The van der Waals surface area contributed by atoms with Crippen LogP contribution in [-0.4, -0.2) is 64.9 Å². The Balaban J connectivity index is 1.33. The number of rotatable bonds is 5. The molecular weight excluding hydrogens is 392 g/mol. The number of ether oxygens (including phenoxy) is 1. The Hall–Kier alpha value is -3.13. The van der Waals surface area contributed by atoms with Crippen LogP contribution in [0.25, 0.3) is 11.0 Å². The Morgan fingerprint density at radius 2 is 2.23 bits per heavy atom. The molecule has 8 heteroatoms. The van der Waals surface area contributed by atoms with Gasteiger partial charge < -0.3 is 19.9 Å². The summed E-state index contributed by atoms with van der Waals surface area (Å²) >= 11 is 0. The predicted molar refractivity (Wildman–Crippen MR) is 119 cm³/mol. The highest BCUT2D eigenvalue weighted by Gasteiger charge is 2.25. The van der Waals surface area contributed by atoms with Gasteiger partial charge in [0.15, 0.2) is 5.65 Å². The molecule has 5 rings (SSSR count). The molecule has 2 aliphatic heterocycles. The summed E-state index contributed by atoms with van der Waals surface area (Å²) in [5, 5.41) is 8.79. The standard InChI is InChI=1S/C23H28N6O2/c1-16-12-29(22-5-6-25-23-21(22)11-26-27(23)2)13-17-3-4-19(9-20(16)17)31-14-18-10-24-7-8-28(18)15-30/h3-6,9,11,15-16,18,24H,7-8,10,12-14H2,1-2H3/t16-,18-/m0/s1. The van der Waals surface area contributed by atoms with Crippen molar-refractivity contribution < 1.29 is 9.53 Å². The number of pyridine rings is 1. The Kier molecular flexibility index (Phi) is 5.23. The fourth-order valence-corrected chi connectivity index (χ4v) is 4.72. The van der Waals surface area contributed by atoms with Crippen LogP contribution >= 0.6 is 0 Å². The predicted octanol–water partition coefficient (Wildman–Crippen LogP) is 1.90. The summed E-state index contributed by atoms with van der Waals surface area (Å²) in [6.07, 6.45) is 4.69. The molecule has 0 aliphatic carbocycles. The lowest BCUT2D eigenvalue weighted by molar-refractivity contribution is -0.121. The number of anilines is 1. The number of carbonyl (C=O) groups excluding carboxylic acids is 1. The lowest BCUT2D eigenvalue weighted by Crippen LogP contribution is -2.53. The van der Waals surface area contributed by atoms with Crippen LogP contribution in [0.15, 0.2) is 36.7 Å². The number of benzene rings is 1. The van der Waals surface area contributed by atoms with Crippen LogP contribution < -0.4 is 15.0 Å². The van der Waals surface area contributed by atoms with Gasteiger partial charge in [0.25, 0.3) is 0 Å². The number of nitrogens with zero attached hydrogens (tertiary/aromatic N) is 5. The number of nitrogens with one attached hydrogen (secondary N) is 1. The maximum atomic E-state index is 11.3. The second kappa shape index (κ2) is 8.19. The molecule has 0 spiro atoms. The van der Waals surface area contributed by atoms with E-state index in [0.717, 1.165) is 55.9 Å². The van der Waals surface area contributed by atoms with E-state index >= 15 is 0 Å². The van der Waals surface area contributed by atoms with Gasteiger partial charge in [0.2, 0.25) is 6.41 Å². The Bertz CT molecular complexity index is 1100. The maximum Gasteiger partial charge on any atom is 0.210 e. The van der Waals surface area contributed by atoms with Gasteiger partial charge in [0.1, 0.15) is 12.4 Å². The van der Waals surface area contributed by atoms with E-state index < -0.39 is 0 Å². The monoisotopic (exact) mass is 420 g/mol. The van der Waals surface area contributed by atoms with Gasteiger partial charge in [-0.1, -0.05) is 13.0 Å². The summed E-state index contributed by atoms with van der Waals surface area (Å²) in [5.74, 6) is 1.24. The molecule has 1 saturated heterocycles.